The molecule has 0 amide bonds. The summed E-state index contributed by atoms with van der Waals surface area (Å²) in [5.41, 5.74) is 1.51. The smallest absolute Gasteiger partial charge is 0.124 e. The Morgan fingerprint density at radius 1 is 1.21 bits per heavy atom. The van der Waals surface area contributed by atoms with Crippen molar-refractivity contribution >= 4 is 33.2 Å². The number of benzene rings is 2. The number of halogens is 3. The standard InChI is InChI=1S/C14H12BrClFNO/c15-9-1-4-11(5-2-9)18-14(8-19)12-6-3-10(17)7-13(12)16/h1-7,14,18-19H,8H2. The minimum absolute atomic E-state index is 0.137. The third kappa shape index (κ3) is 3.69. The minimum Gasteiger partial charge on any atom is -0.394 e. The van der Waals surface area contributed by atoms with Crippen molar-refractivity contribution < 1.29 is 9.50 Å². The van der Waals surface area contributed by atoms with Crippen LogP contribution < -0.4 is 5.32 Å². The van der Waals surface area contributed by atoms with Crippen molar-refractivity contribution in [2.75, 3.05) is 11.9 Å². The molecule has 0 aliphatic carbocycles. The number of anilines is 1. The van der Waals surface area contributed by atoms with E-state index in [0.29, 0.717) is 10.6 Å². The van der Waals surface area contributed by atoms with E-state index in [1.165, 1.54) is 12.1 Å². The molecule has 0 aliphatic rings. The second-order valence-corrected chi connectivity index (χ2v) is 5.38. The van der Waals surface area contributed by atoms with Gasteiger partial charge in [-0.05, 0) is 42.0 Å². The monoisotopic (exact) mass is 343 g/mol. The largest absolute Gasteiger partial charge is 0.394 e. The van der Waals surface area contributed by atoms with E-state index in [9.17, 15) is 9.50 Å². The molecule has 0 saturated carbocycles. The average molecular weight is 345 g/mol. The zero-order valence-electron chi connectivity index (χ0n) is 9.91. The molecular weight excluding hydrogens is 333 g/mol. The summed E-state index contributed by atoms with van der Waals surface area (Å²) in [5.74, 6) is -0.394. The third-order valence-electron chi connectivity index (χ3n) is 2.71. The summed E-state index contributed by atoms with van der Waals surface area (Å²) in [6.07, 6.45) is 0. The van der Waals surface area contributed by atoms with E-state index < -0.39 is 5.82 Å². The lowest BCUT2D eigenvalue weighted by Crippen LogP contribution is -2.15. The molecule has 0 saturated heterocycles. The van der Waals surface area contributed by atoms with Gasteiger partial charge < -0.3 is 10.4 Å². The van der Waals surface area contributed by atoms with E-state index in [4.69, 9.17) is 11.6 Å². The van der Waals surface area contributed by atoms with Crippen molar-refractivity contribution in [3.63, 3.8) is 0 Å². The Bertz CT molecular complexity index is 562. The fraction of sp³-hybridized carbons (Fsp3) is 0.143. The molecule has 0 aromatic heterocycles. The van der Waals surface area contributed by atoms with Gasteiger partial charge in [-0.1, -0.05) is 33.6 Å². The molecule has 1 atom stereocenters. The van der Waals surface area contributed by atoms with Crippen LogP contribution in [0.1, 0.15) is 11.6 Å². The number of aliphatic hydroxyl groups excluding tert-OH is 1. The molecular formula is C14H12BrClFNO. The van der Waals surface area contributed by atoms with Crippen molar-refractivity contribution in [1.29, 1.82) is 0 Å². The quantitative estimate of drug-likeness (QED) is 0.862. The Labute approximate surface area is 124 Å². The average Bonchev–Trinajstić information content (AvgIpc) is 2.39. The highest BCUT2D eigenvalue weighted by Gasteiger charge is 2.14. The molecule has 0 bridgehead atoms. The normalized spacial score (nSPS) is 12.2. The van der Waals surface area contributed by atoms with E-state index in [1.54, 1.807) is 6.07 Å². The number of hydrogen-bond donors (Lipinski definition) is 2. The molecule has 2 rings (SSSR count). The molecule has 0 spiro atoms. The van der Waals surface area contributed by atoms with Crippen LogP contribution in [0.15, 0.2) is 46.9 Å². The van der Waals surface area contributed by atoms with Crippen LogP contribution >= 0.6 is 27.5 Å². The van der Waals surface area contributed by atoms with Gasteiger partial charge in [0.25, 0.3) is 0 Å². The van der Waals surface area contributed by atoms with Gasteiger partial charge in [-0.3, -0.25) is 0 Å². The summed E-state index contributed by atoms with van der Waals surface area (Å²) < 4.78 is 14.0. The van der Waals surface area contributed by atoms with Crippen LogP contribution in [0.25, 0.3) is 0 Å². The Kier molecular flexibility index (Phi) is 4.80. The van der Waals surface area contributed by atoms with Gasteiger partial charge in [0.1, 0.15) is 5.82 Å². The third-order valence-corrected chi connectivity index (χ3v) is 3.56. The first-order valence-corrected chi connectivity index (χ1v) is 6.85. The first-order chi connectivity index (χ1) is 9.10. The van der Waals surface area contributed by atoms with Gasteiger partial charge in [0, 0.05) is 15.2 Å². The Balaban J connectivity index is 2.22. The lowest BCUT2D eigenvalue weighted by Gasteiger charge is -2.19. The molecule has 0 radical (unpaired) electrons. The summed E-state index contributed by atoms with van der Waals surface area (Å²) in [7, 11) is 0. The highest BCUT2D eigenvalue weighted by molar-refractivity contribution is 9.10. The lowest BCUT2D eigenvalue weighted by molar-refractivity contribution is 0.276. The number of hydrogen-bond acceptors (Lipinski definition) is 2. The van der Waals surface area contributed by atoms with E-state index in [-0.39, 0.29) is 12.6 Å². The fourth-order valence-electron chi connectivity index (χ4n) is 1.75. The summed E-state index contributed by atoms with van der Waals surface area (Å²) in [5, 5.41) is 12.9. The second-order valence-electron chi connectivity index (χ2n) is 4.05. The van der Waals surface area contributed by atoms with Gasteiger partial charge in [-0.15, -0.1) is 0 Å². The van der Waals surface area contributed by atoms with Gasteiger partial charge in [0.05, 0.1) is 12.6 Å². The number of rotatable bonds is 4. The molecule has 0 heterocycles. The lowest BCUT2D eigenvalue weighted by atomic mass is 10.1. The highest BCUT2D eigenvalue weighted by atomic mass is 79.9. The van der Waals surface area contributed by atoms with Crippen LogP contribution in [0.3, 0.4) is 0 Å². The van der Waals surface area contributed by atoms with E-state index >= 15 is 0 Å². The fourth-order valence-corrected chi connectivity index (χ4v) is 2.32. The molecule has 19 heavy (non-hydrogen) atoms. The summed E-state index contributed by atoms with van der Waals surface area (Å²) in [4.78, 5) is 0. The van der Waals surface area contributed by atoms with E-state index in [1.807, 2.05) is 24.3 Å². The summed E-state index contributed by atoms with van der Waals surface area (Å²) in [6, 6.07) is 11.3. The van der Waals surface area contributed by atoms with Crippen molar-refractivity contribution in [1.82, 2.24) is 0 Å². The van der Waals surface area contributed by atoms with Gasteiger partial charge in [-0.25, -0.2) is 4.39 Å². The maximum Gasteiger partial charge on any atom is 0.124 e. The zero-order chi connectivity index (χ0) is 13.8. The summed E-state index contributed by atoms with van der Waals surface area (Å²) in [6.45, 7) is -0.137. The maximum absolute atomic E-state index is 13.0. The molecule has 0 aliphatic heterocycles. The molecule has 1 unspecified atom stereocenters. The summed E-state index contributed by atoms with van der Waals surface area (Å²) >= 11 is 9.35. The van der Waals surface area contributed by atoms with Gasteiger partial charge in [0.2, 0.25) is 0 Å². The SMILES string of the molecule is OCC(Nc1ccc(Br)cc1)c1ccc(F)cc1Cl. The van der Waals surface area contributed by atoms with Crippen LogP contribution in [-0.4, -0.2) is 11.7 Å². The van der Waals surface area contributed by atoms with Gasteiger partial charge in [0.15, 0.2) is 0 Å². The van der Waals surface area contributed by atoms with Crippen molar-refractivity contribution in [2.45, 2.75) is 6.04 Å². The molecule has 100 valence electrons. The van der Waals surface area contributed by atoms with Gasteiger partial charge >= 0.3 is 0 Å². The predicted octanol–water partition coefficient (Wildman–Crippen LogP) is 4.39. The topological polar surface area (TPSA) is 32.3 Å². The van der Waals surface area contributed by atoms with Crippen LogP contribution in [-0.2, 0) is 0 Å². The molecule has 2 aromatic rings. The van der Waals surface area contributed by atoms with Gasteiger partial charge in [-0.2, -0.15) is 0 Å². The number of nitrogens with one attached hydrogen (secondary N) is 1. The Hall–Kier alpha value is -1.10. The van der Waals surface area contributed by atoms with Crippen LogP contribution in [0.2, 0.25) is 5.02 Å². The molecule has 0 fully saturated rings. The second kappa shape index (κ2) is 6.37. The predicted molar refractivity (Wildman–Crippen MR) is 79.0 cm³/mol. The number of aliphatic hydroxyl groups is 1. The highest BCUT2D eigenvalue weighted by Crippen LogP contribution is 2.27. The van der Waals surface area contributed by atoms with Crippen molar-refractivity contribution in [2.24, 2.45) is 0 Å². The van der Waals surface area contributed by atoms with Crippen LogP contribution in [0.5, 0.6) is 0 Å². The van der Waals surface area contributed by atoms with Crippen molar-refractivity contribution in [3.05, 3.63) is 63.3 Å². The van der Waals surface area contributed by atoms with E-state index in [2.05, 4.69) is 21.2 Å². The Morgan fingerprint density at radius 2 is 1.89 bits per heavy atom. The van der Waals surface area contributed by atoms with Crippen molar-refractivity contribution in [3.8, 4) is 0 Å². The Morgan fingerprint density at radius 3 is 2.47 bits per heavy atom. The molecule has 2 aromatic carbocycles. The molecule has 5 heteroatoms. The van der Waals surface area contributed by atoms with E-state index in [0.717, 1.165) is 10.2 Å². The molecule has 2 nitrogen and oxygen atoms in total. The maximum atomic E-state index is 13.0. The molecule has 2 N–H and O–H groups in total. The van der Waals surface area contributed by atoms with Crippen LogP contribution in [0, 0.1) is 5.82 Å². The first-order valence-electron chi connectivity index (χ1n) is 5.68. The van der Waals surface area contributed by atoms with Crippen LogP contribution in [0.4, 0.5) is 10.1 Å². The first kappa shape index (κ1) is 14.3. The zero-order valence-corrected chi connectivity index (χ0v) is 12.2. The minimum atomic E-state index is -0.394.